The SMILES string of the molecule is C=CCn1c(=NC(=O)c2ccc(SCC)cc2)sc2cc(C)c(C)cc21. The maximum Gasteiger partial charge on any atom is 0.279 e. The zero-order valence-electron chi connectivity index (χ0n) is 15.3. The molecule has 1 aromatic heterocycles. The van der Waals surface area contributed by atoms with Crippen LogP contribution in [0.2, 0.25) is 0 Å². The first kappa shape index (κ1) is 18.7. The second-order valence-corrected chi connectivity index (χ2v) is 8.41. The van der Waals surface area contributed by atoms with Crippen molar-refractivity contribution in [2.24, 2.45) is 4.99 Å². The van der Waals surface area contributed by atoms with Crippen molar-refractivity contribution in [3.63, 3.8) is 0 Å². The number of aryl methyl sites for hydroxylation is 2. The lowest BCUT2D eigenvalue weighted by Gasteiger charge is -2.04. The molecule has 1 heterocycles. The smallest absolute Gasteiger partial charge is 0.279 e. The van der Waals surface area contributed by atoms with Crippen LogP contribution in [-0.4, -0.2) is 16.2 Å². The number of fused-ring (bicyclic) bond motifs is 1. The Morgan fingerprint density at radius 1 is 1.23 bits per heavy atom. The van der Waals surface area contributed by atoms with E-state index < -0.39 is 0 Å². The Balaban J connectivity index is 2.06. The Labute approximate surface area is 162 Å². The number of aromatic nitrogens is 1. The third kappa shape index (κ3) is 3.84. The molecule has 0 spiro atoms. The molecule has 3 nitrogen and oxygen atoms in total. The number of nitrogens with zero attached hydrogens (tertiary/aromatic N) is 2. The lowest BCUT2D eigenvalue weighted by Crippen LogP contribution is -2.16. The van der Waals surface area contributed by atoms with Crippen molar-refractivity contribution in [1.82, 2.24) is 4.57 Å². The van der Waals surface area contributed by atoms with Gasteiger partial charge in [-0.15, -0.1) is 18.3 Å². The Hall–Kier alpha value is -2.11. The van der Waals surface area contributed by atoms with Gasteiger partial charge < -0.3 is 4.57 Å². The highest BCUT2D eigenvalue weighted by Crippen LogP contribution is 2.22. The van der Waals surface area contributed by atoms with Crippen molar-refractivity contribution in [1.29, 1.82) is 0 Å². The molecule has 0 saturated heterocycles. The minimum atomic E-state index is -0.212. The molecule has 0 aliphatic carbocycles. The average Bonchev–Trinajstić information content (AvgIpc) is 2.93. The molecule has 2 aromatic carbocycles. The summed E-state index contributed by atoms with van der Waals surface area (Å²) in [6.07, 6.45) is 1.83. The topological polar surface area (TPSA) is 34.4 Å². The van der Waals surface area contributed by atoms with Crippen molar-refractivity contribution in [3.05, 3.63) is 70.5 Å². The van der Waals surface area contributed by atoms with Crippen molar-refractivity contribution < 1.29 is 4.79 Å². The highest BCUT2D eigenvalue weighted by Gasteiger charge is 2.10. The molecule has 0 bridgehead atoms. The Morgan fingerprint density at radius 3 is 2.58 bits per heavy atom. The molecule has 0 saturated carbocycles. The summed E-state index contributed by atoms with van der Waals surface area (Å²) >= 11 is 3.30. The average molecular weight is 383 g/mol. The summed E-state index contributed by atoms with van der Waals surface area (Å²) in [6.45, 7) is 10.8. The molecule has 134 valence electrons. The van der Waals surface area contributed by atoms with Crippen LogP contribution < -0.4 is 4.80 Å². The van der Waals surface area contributed by atoms with E-state index in [4.69, 9.17) is 0 Å². The van der Waals surface area contributed by atoms with Crippen molar-refractivity contribution in [2.75, 3.05) is 5.75 Å². The zero-order chi connectivity index (χ0) is 18.7. The fourth-order valence-electron chi connectivity index (χ4n) is 2.72. The van der Waals surface area contributed by atoms with Gasteiger partial charge in [-0.3, -0.25) is 4.79 Å². The quantitative estimate of drug-likeness (QED) is 0.440. The van der Waals surface area contributed by atoms with Gasteiger partial charge in [-0.05, 0) is 67.1 Å². The van der Waals surface area contributed by atoms with E-state index in [1.165, 1.54) is 16.0 Å². The first-order valence-corrected chi connectivity index (χ1v) is 10.4. The maximum absolute atomic E-state index is 12.6. The van der Waals surface area contributed by atoms with E-state index in [9.17, 15) is 4.79 Å². The van der Waals surface area contributed by atoms with Crippen molar-refractivity contribution in [3.8, 4) is 0 Å². The number of carbonyl (C=O) groups is 1. The lowest BCUT2D eigenvalue weighted by atomic mass is 10.1. The van der Waals surface area contributed by atoms with Gasteiger partial charge in [-0.2, -0.15) is 4.99 Å². The minimum Gasteiger partial charge on any atom is -0.312 e. The Morgan fingerprint density at radius 2 is 1.92 bits per heavy atom. The number of carbonyl (C=O) groups excluding carboxylic acids is 1. The van der Waals surface area contributed by atoms with Gasteiger partial charge in [0.1, 0.15) is 0 Å². The molecule has 0 aliphatic rings. The van der Waals surface area contributed by atoms with Gasteiger partial charge in [0.15, 0.2) is 4.80 Å². The third-order valence-electron chi connectivity index (χ3n) is 4.22. The lowest BCUT2D eigenvalue weighted by molar-refractivity contribution is 0.0998. The number of hydrogen-bond acceptors (Lipinski definition) is 3. The third-order valence-corrected chi connectivity index (χ3v) is 6.15. The first-order chi connectivity index (χ1) is 12.5. The number of thiazole rings is 1. The van der Waals surface area contributed by atoms with Gasteiger partial charge >= 0.3 is 0 Å². The molecule has 0 radical (unpaired) electrons. The summed E-state index contributed by atoms with van der Waals surface area (Å²) in [4.78, 5) is 18.9. The number of allylic oxidation sites excluding steroid dienone is 1. The second-order valence-electron chi connectivity index (χ2n) is 6.06. The monoisotopic (exact) mass is 382 g/mol. The van der Waals surface area contributed by atoms with Crippen molar-refractivity contribution in [2.45, 2.75) is 32.2 Å². The molecule has 1 amide bonds. The summed E-state index contributed by atoms with van der Waals surface area (Å²) in [5.41, 5.74) is 4.18. The van der Waals surface area contributed by atoms with E-state index in [0.29, 0.717) is 16.9 Å². The van der Waals surface area contributed by atoms with Crippen LogP contribution in [0.15, 0.2) is 58.9 Å². The Kier molecular flexibility index (Phi) is 5.79. The van der Waals surface area contributed by atoms with E-state index >= 15 is 0 Å². The fourth-order valence-corrected chi connectivity index (χ4v) is 4.50. The number of benzene rings is 2. The van der Waals surface area contributed by atoms with Gasteiger partial charge in [0.2, 0.25) is 0 Å². The highest BCUT2D eigenvalue weighted by atomic mass is 32.2. The largest absolute Gasteiger partial charge is 0.312 e. The van der Waals surface area contributed by atoms with Crippen LogP contribution >= 0.6 is 23.1 Å². The molecule has 3 rings (SSSR count). The number of amides is 1. The molecule has 0 unspecified atom stereocenters. The van der Waals surface area contributed by atoms with E-state index in [2.05, 4.69) is 49.0 Å². The Bertz CT molecular complexity index is 1030. The number of thioether (sulfide) groups is 1. The standard InChI is InChI=1S/C21H22N2OS2/c1-5-11-23-18-12-14(3)15(4)13-19(18)26-21(23)22-20(24)16-7-9-17(10-8-16)25-6-2/h5,7-10,12-13H,1,6,11H2,2-4H3. The molecule has 0 N–H and O–H groups in total. The molecule has 0 fully saturated rings. The van der Waals surface area contributed by atoms with E-state index in [1.807, 2.05) is 30.3 Å². The maximum atomic E-state index is 12.6. The minimum absolute atomic E-state index is 0.212. The molecule has 0 aliphatic heterocycles. The molecule has 0 atom stereocenters. The zero-order valence-corrected chi connectivity index (χ0v) is 16.9. The summed E-state index contributed by atoms with van der Waals surface area (Å²) in [5.74, 6) is 0.802. The summed E-state index contributed by atoms with van der Waals surface area (Å²) in [6, 6.07) is 12.0. The predicted octanol–water partition coefficient (Wildman–Crippen LogP) is 5.36. The van der Waals surface area contributed by atoms with Gasteiger partial charge in [0.05, 0.1) is 10.2 Å². The second kappa shape index (κ2) is 8.06. The number of hydrogen-bond donors (Lipinski definition) is 0. The fraction of sp³-hybridized carbons (Fsp3) is 0.238. The van der Waals surface area contributed by atoms with Crippen LogP contribution in [0.5, 0.6) is 0 Å². The van der Waals surface area contributed by atoms with Crippen molar-refractivity contribution >= 4 is 39.2 Å². The first-order valence-electron chi connectivity index (χ1n) is 8.57. The normalized spacial score (nSPS) is 11.9. The summed E-state index contributed by atoms with van der Waals surface area (Å²) < 4.78 is 3.19. The number of rotatable bonds is 5. The molecule has 3 aromatic rings. The summed E-state index contributed by atoms with van der Waals surface area (Å²) in [5, 5.41) is 0. The van der Waals surface area contributed by atoms with E-state index in [0.717, 1.165) is 16.0 Å². The molecule has 5 heteroatoms. The molecular weight excluding hydrogens is 360 g/mol. The summed E-state index contributed by atoms with van der Waals surface area (Å²) in [7, 11) is 0. The van der Waals surface area contributed by atoms with Gasteiger partial charge in [0.25, 0.3) is 5.91 Å². The van der Waals surface area contributed by atoms with Gasteiger partial charge in [-0.25, -0.2) is 0 Å². The van der Waals surface area contributed by atoms with E-state index in [1.54, 1.807) is 23.1 Å². The van der Waals surface area contributed by atoms with Crippen LogP contribution in [0.4, 0.5) is 0 Å². The molecule has 26 heavy (non-hydrogen) atoms. The molecular formula is C21H22N2OS2. The van der Waals surface area contributed by atoms with E-state index in [-0.39, 0.29) is 5.91 Å². The van der Waals surface area contributed by atoms with Crippen LogP contribution in [0, 0.1) is 13.8 Å². The van der Waals surface area contributed by atoms with Crippen LogP contribution in [0.3, 0.4) is 0 Å². The highest BCUT2D eigenvalue weighted by molar-refractivity contribution is 7.99. The predicted molar refractivity (Wildman–Crippen MR) is 112 cm³/mol. The van der Waals surface area contributed by atoms with Gasteiger partial charge in [0, 0.05) is 17.0 Å². The van der Waals surface area contributed by atoms with Crippen LogP contribution in [0.25, 0.3) is 10.2 Å². The van der Waals surface area contributed by atoms with Crippen LogP contribution in [-0.2, 0) is 6.54 Å². The van der Waals surface area contributed by atoms with Gasteiger partial charge in [-0.1, -0.05) is 24.3 Å². The van der Waals surface area contributed by atoms with Crippen LogP contribution in [0.1, 0.15) is 28.4 Å².